The van der Waals surface area contributed by atoms with Gasteiger partial charge in [-0.05, 0) is 68.0 Å². The average molecular weight is 355 g/mol. The van der Waals surface area contributed by atoms with E-state index in [2.05, 4.69) is 18.4 Å². The Morgan fingerprint density at radius 2 is 1.74 bits per heavy atom. The zero-order valence-electron chi connectivity index (χ0n) is 13.9. The lowest BCUT2D eigenvalue weighted by Gasteiger charge is -2.44. The minimum absolute atomic E-state index is 0. The molecule has 2 bridgehead atoms. The molecule has 1 aromatic carbocycles. The molecule has 2 fully saturated rings. The number of rotatable bonds is 3. The van der Waals surface area contributed by atoms with E-state index in [9.17, 15) is 4.79 Å². The average Bonchev–Trinajstić information content (AvgIpc) is 2.53. The second-order valence-corrected chi connectivity index (χ2v) is 7.67. The predicted octanol–water partition coefficient (Wildman–Crippen LogP) is 3.95. The summed E-state index contributed by atoms with van der Waals surface area (Å²) >= 11 is 1.72. The third-order valence-electron chi connectivity index (χ3n) is 5.55. The minimum Gasteiger partial charge on any atom is -0.327 e. The van der Waals surface area contributed by atoms with Gasteiger partial charge in [0.25, 0.3) is 0 Å². The van der Waals surface area contributed by atoms with Crippen molar-refractivity contribution >= 4 is 35.8 Å². The van der Waals surface area contributed by atoms with Crippen LogP contribution in [-0.4, -0.2) is 25.3 Å². The lowest BCUT2D eigenvalue weighted by atomic mass is 9.65. The molecule has 2 saturated carbocycles. The second-order valence-electron chi connectivity index (χ2n) is 6.79. The van der Waals surface area contributed by atoms with Crippen molar-refractivity contribution in [2.45, 2.75) is 43.0 Å². The summed E-state index contributed by atoms with van der Waals surface area (Å²) in [4.78, 5) is 15.9. The van der Waals surface area contributed by atoms with Gasteiger partial charge < -0.3 is 10.6 Å². The van der Waals surface area contributed by atoms with Gasteiger partial charge in [0.2, 0.25) is 5.91 Å². The molecule has 2 unspecified atom stereocenters. The van der Waals surface area contributed by atoms with Gasteiger partial charge in [-0.15, -0.1) is 24.2 Å². The van der Waals surface area contributed by atoms with Crippen molar-refractivity contribution in [1.82, 2.24) is 0 Å². The van der Waals surface area contributed by atoms with Crippen LogP contribution in [-0.2, 0) is 4.79 Å². The van der Waals surface area contributed by atoms with Crippen LogP contribution in [0.3, 0.4) is 0 Å². The van der Waals surface area contributed by atoms with Crippen molar-refractivity contribution in [3.05, 3.63) is 24.3 Å². The molecule has 3 nitrogen and oxygen atoms in total. The predicted molar refractivity (Wildman–Crippen MR) is 100 cm³/mol. The fraction of sp³-hybridized carbons (Fsp3) is 0.611. The van der Waals surface area contributed by atoms with Crippen molar-refractivity contribution < 1.29 is 4.79 Å². The molecule has 23 heavy (non-hydrogen) atoms. The van der Waals surface area contributed by atoms with Crippen LogP contribution in [0, 0.1) is 17.8 Å². The molecule has 0 heterocycles. The highest BCUT2D eigenvalue weighted by Gasteiger charge is 2.41. The van der Waals surface area contributed by atoms with Crippen LogP contribution in [0.4, 0.5) is 5.69 Å². The Kier molecular flexibility index (Phi) is 6.40. The number of nitrogens with two attached hydrogens (primary N) is 1. The van der Waals surface area contributed by atoms with Crippen LogP contribution < -0.4 is 10.6 Å². The number of hydrogen-bond donors (Lipinski definition) is 1. The maximum Gasteiger partial charge on any atom is 0.229 e. The summed E-state index contributed by atoms with van der Waals surface area (Å²) in [6, 6.07) is 8.56. The van der Waals surface area contributed by atoms with E-state index in [0.29, 0.717) is 17.9 Å². The normalized spacial score (nSPS) is 29.5. The van der Waals surface area contributed by atoms with E-state index in [1.807, 2.05) is 24.1 Å². The summed E-state index contributed by atoms with van der Waals surface area (Å²) in [6.07, 6.45) is 7.71. The molecule has 2 atom stereocenters. The Morgan fingerprint density at radius 1 is 1.17 bits per heavy atom. The van der Waals surface area contributed by atoms with Crippen molar-refractivity contribution in [2.24, 2.45) is 23.5 Å². The Balaban J connectivity index is 0.00000192. The van der Waals surface area contributed by atoms with Crippen LogP contribution >= 0.6 is 24.2 Å². The summed E-state index contributed by atoms with van der Waals surface area (Å²) in [6.45, 7) is 0. The molecule has 2 aliphatic rings. The van der Waals surface area contributed by atoms with Gasteiger partial charge in [0.05, 0.1) is 0 Å². The quantitative estimate of drug-likeness (QED) is 0.836. The smallest absolute Gasteiger partial charge is 0.229 e. The topological polar surface area (TPSA) is 46.3 Å². The zero-order valence-corrected chi connectivity index (χ0v) is 15.5. The van der Waals surface area contributed by atoms with Gasteiger partial charge in [-0.2, -0.15) is 0 Å². The zero-order chi connectivity index (χ0) is 15.7. The molecule has 0 spiro atoms. The number of nitrogens with zero attached hydrogens (tertiary/aromatic N) is 1. The van der Waals surface area contributed by atoms with Gasteiger partial charge in [0.1, 0.15) is 0 Å². The third kappa shape index (κ3) is 3.86. The summed E-state index contributed by atoms with van der Waals surface area (Å²) in [7, 11) is 1.90. The first kappa shape index (κ1) is 18.6. The molecule has 5 heteroatoms. The van der Waals surface area contributed by atoms with E-state index in [4.69, 9.17) is 5.73 Å². The van der Waals surface area contributed by atoms with Crippen molar-refractivity contribution in [2.75, 3.05) is 18.2 Å². The highest BCUT2D eigenvalue weighted by atomic mass is 35.5. The van der Waals surface area contributed by atoms with E-state index in [-0.39, 0.29) is 24.2 Å². The number of amides is 1. The van der Waals surface area contributed by atoms with Crippen LogP contribution in [0.25, 0.3) is 0 Å². The largest absolute Gasteiger partial charge is 0.327 e. The first-order valence-electron chi connectivity index (χ1n) is 8.27. The maximum absolute atomic E-state index is 12.9. The van der Waals surface area contributed by atoms with Gasteiger partial charge in [0.15, 0.2) is 0 Å². The summed E-state index contributed by atoms with van der Waals surface area (Å²) in [5.74, 6) is 1.52. The van der Waals surface area contributed by atoms with Crippen LogP contribution in [0.15, 0.2) is 29.2 Å². The number of carbonyl (C=O) groups excluding carboxylic acids is 1. The molecule has 128 valence electrons. The molecule has 0 saturated heterocycles. The van der Waals surface area contributed by atoms with Gasteiger partial charge >= 0.3 is 0 Å². The molecular weight excluding hydrogens is 328 g/mol. The number of fused-ring (bicyclic) bond motifs is 2. The number of benzene rings is 1. The molecule has 2 aliphatic carbocycles. The molecule has 2 N–H and O–H groups in total. The third-order valence-corrected chi connectivity index (χ3v) is 6.30. The van der Waals surface area contributed by atoms with Gasteiger partial charge in [0, 0.05) is 29.6 Å². The van der Waals surface area contributed by atoms with Crippen molar-refractivity contribution in [3.63, 3.8) is 0 Å². The highest BCUT2D eigenvalue weighted by molar-refractivity contribution is 7.98. The monoisotopic (exact) mass is 354 g/mol. The molecule has 0 aliphatic heterocycles. The van der Waals surface area contributed by atoms with Crippen LogP contribution in [0.1, 0.15) is 32.1 Å². The summed E-state index contributed by atoms with van der Waals surface area (Å²) in [5, 5.41) is 0. The Bertz CT molecular complexity index is 522. The molecule has 3 rings (SSSR count). The van der Waals surface area contributed by atoms with Crippen molar-refractivity contribution in [3.8, 4) is 0 Å². The van der Waals surface area contributed by atoms with Gasteiger partial charge in [-0.3, -0.25) is 4.79 Å². The SMILES string of the molecule is CSc1ccc(N(C)C(=O)C2CC3CCCC(C2)C3N)cc1.Cl. The Hall–Kier alpha value is -0.710. The summed E-state index contributed by atoms with van der Waals surface area (Å²) in [5.41, 5.74) is 7.33. The van der Waals surface area contributed by atoms with E-state index in [1.165, 1.54) is 24.2 Å². The van der Waals surface area contributed by atoms with E-state index < -0.39 is 0 Å². The molecule has 0 aromatic heterocycles. The lowest BCUT2D eigenvalue weighted by Crippen LogP contribution is -2.49. The van der Waals surface area contributed by atoms with Crippen molar-refractivity contribution in [1.29, 1.82) is 0 Å². The number of thioether (sulfide) groups is 1. The van der Waals surface area contributed by atoms with Crippen LogP contribution in [0.2, 0.25) is 0 Å². The highest BCUT2D eigenvalue weighted by Crippen LogP contribution is 2.42. The minimum atomic E-state index is 0. The fourth-order valence-electron chi connectivity index (χ4n) is 4.20. The maximum atomic E-state index is 12.9. The van der Waals surface area contributed by atoms with Gasteiger partial charge in [-0.1, -0.05) is 6.42 Å². The number of carbonyl (C=O) groups is 1. The lowest BCUT2D eigenvalue weighted by molar-refractivity contribution is -0.124. The molecular formula is C18H27ClN2OS. The first-order valence-corrected chi connectivity index (χ1v) is 9.50. The Morgan fingerprint density at radius 3 is 2.26 bits per heavy atom. The summed E-state index contributed by atoms with van der Waals surface area (Å²) < 4.78 is 0. The Labute approximate surface area is 149 Å². The van der Waals surface area contributed by atoms with E-state index in [0.717, 1.165) is 18.5 Å². The van der Waals surface area contributed by atoms with E-state index in [1.54, 1.807) is 11.8 Å². The molecule has 1 aromatic rings. The van der Waals surface area contributed by atoms with Crippen LogP contribution in [0.5, 0.6) is 0 Å². The van der Waals surface area contributed by atoms with E-state index >= 15 is 0 Å². The first-order chi connectivity index (χ1) is 10.6. The standard InChI is InChI=1S/C18H26N2OS.ClH/c1-20(15-6-8-16(22-2)9-7-15)18(21)14-10-12-4-3-5-13(11-14)17(12)19;/h6-9,12-14,17H,3-5,10-11,19H2,1-2H3;1H. The fourth-order valence-corrected chi connectivity index (χ4v) is 4.61. The van der Waals surface area contributed by atoms with Gasteiger partial charge in [-0.25, -0.2) is 0 Å². The number of hydrogen-bond acceptors (Lipinski definition) is 3. The molecule has 0 radical (unpaired) electrons. The molecule has 1 amide bonds. The number of halogens is 1. The number of anilines is 1. The second kappa shape index (κ2) is 7.91.